The molecular formula is C25H18FN3O2. The molecule has 0 saturated carbocycles. The fraction of sp³-hybridized carbons (Fsp3) is 0.0400. The number of ether oxygens (including phenoxy) is 1. The van der Waals surface area contributed by atoms with Crippen LogP contribution in [0, 0.1) is 5.82 Å². The normalized spacial score (nSPS) is 15.3. The van der Waals surface area contributed by atoms with E-state index in [0.717, 1.165) is 34.0 Å². The highest BCUT2D eigenvalue weighted by Crippen LogP contribution is 2.42. The first-order chi connectivity index (χ1) is 15.3. The van der Waals surface area contributed by atoms with Gasteiger partial charge < -0.3 is 9.57 Å². The zero-order valence-corrected chi connectivity index (χ0v) is 16.4. The molecule has 4 aromatic rings. The van der Waals surface area contributed by atoms with Crippen LogP contribution < -0.4 is 9.80 Å². The van der Waals surface area contributed by atoms with Gasteiger partial charge in [0, 0.05) is 11.8 Å². The molecule has 1 aliphatic heterocycles. The summed E-state index contributed by atoms with van der Waals surface area (Å²) in [6.45, 7) is 0. The summed E-state index contributed by atoms with van der Waals surface area (Å²) in [6, 6.07) is 25.1. The molecule has 1 aromatic heterocycles. The molecule has 0 fully saturated rings. The van der Waals surface area contributed by atoms with Gasteiger partial charge in [-0.25, -0.2) is 14.4 Å². The van der Waals surface area contributed by atoms with Crippen LogP contribution in [0.25, 0.3) is 5.57 Å². The van der Waals surface area contributed by atoms with Gasteiger partial charge in [0.2, 0.25) is 0 Å². The molecule has 152 valence electrons. The first kappa shape index (κ1) is 18.8. The van der Waals surface area contributed by atoms with Gasteiger partial charge in [-0.05, 0) is 60.2 Å². The van der Waals surface area contributed by atoms with E-state index in [0.29, 0.717) is 0 Å². The van der Waals surface area contributed by atoms with Gasteiger partial charge in [0.25, 0.3) is 0 Å². The van der Waals surface area contributed by atoms with Gasteiger partial charge in [0.1, 0.15) is 35.9 Å². The van der Waals surface area contributed by atoms with Crippen LogP contribution in [-0.4, -0.2) is 9.97 Å². The molecule has 0 N–H and O–H groups in total. The highest BCUT2D eigenvalue weighted by molar-refractivity contribution is 5.75. The van der Waals surface area contributed by atoms with Crippen LogP contribution in [-0.2, 0) is 4.84 Å². The van der Waals surface area contributed by atoms with Crippen molar-refractivity contribution < 1.29 is 14.0 Å². The highest BCUT2D eigenvalue weighted by Gasteiger charge is 2.33. The molecular weight excluding hydrogens is 393 g/mol. The topological polar surface area (TPSA) is 47.5 Å². The zero-order valence-electron chi connectivity index (χ0n) is 16.4. The fourth-order valence-electron chi connectivity index (χ4n) is 3.47. The predicted octanol–water partition coefficient (Wildman–Crippen LogP) is 5.94. The Morgan fingerprint density at radius 1 is 0.839 bits per heavy atom. The van der Waals surface area contributed by atoms with Crippen molar-refractivity contribution in [3.8, 4) is 11.5 Å². The number of anilines is 1. The van der Waals surface area contributed by atoms with E-state index in [-0.39, 0.29) is 11.9 Å². The molecule has 0 saturated heterocycles. The van der Waals surface area contributed by atoms with Crippen molar-refractivity contribution >= 4 is 11.3 Å². The van der Waals surface area contributed by atoms with Crippen LogP contribution >= 0.6 is 0 Å². The summed E-state index contributed by atoms with van der Waals surface area (Å²) in [4.78, 5) is 14.4. The first-order valence-corrected chi connectivity index (χ1v) is 9.79. The van der Waals surface area contributed by atoms with Crippen molar-refractivity contribution in [1.29, 1.82) is 0 Å². The lowest BCUT2D eigenvalue weighted by molar-refractivity contribution is 0.223. The summed E-state index contributed by atoms with van der Waals surface area (Å²) >= 11 is 0. The monoisotopic (exact) mass is 411 g/mol. The molecule has 5 rings (SSSR count). The molecule has 1 atom stereocenters. The van der Waals surface area contributed by atoms with E-state index < -0.39 is 0 Å². The van der Waals surface area contributed by atoms with E-state index in [4.69, 9.17) is 9.57 Å². The van der Waals surface area contributed by atoms with Crippen molar-refractivity contribution in [2.75, 3.05) is 5.06 Å². The van der Waals surface area contributed by atoms with E-state index in [2.05, 4.69) is 9.97 Å². The van der Waals surface area contributed by atoms with Gasteiger partial charge in [-0.1, -0.05) is 30.3 Å². The molecule has 6 heteroatoms. The number of hydrogen-bond donors (Lipinski definition) is 0. The van der Waals surface area contributed by atoms with Crippen LogP contribution in [0.5, 0.6) is 11.5 Å². The lowest BCUT2D eigenvalue weighted by Gasteiger charge is -2.26. The predicted molar refractivity (Wildman–Crippen MR) is 116 cm³/mol. The van der Waals surface area contributed by atoms with Crippen molar-refractivity contribution in [1.82, 2.24) is 9.97 Å². The lowest BCUT2D eigenvalue weighted by atomic mass is 9.97. The molecule has 0 radical (unpaired) electrons. The minimum absolute atomic E-state index is 0.285. The number of para-hydroxylation sites is 1. The molecule has 3 aromatic carbocycles. The second-order valence-corrected chi connectivity index (χ2v) is 6.96. The first-order valence-electron chi connectivity index (χ1n) is 9.79. The van der Waals surface area contributed by atoms with E-state index >= 15 is 0 Å². The fourth-order valence-corrected chi connectivity index (χ4v) is 3.47. The number of nitrogens with zero attached hydrogens (tertiary/aromatic N) is 3. The van der Waals surface area contributed by atoms with Crippen molar-refractivity contribution in [2.45, 2.75) is 6.04 Å². The highest BCUT2D eigenvalue weighted by atomic mass is 19.1. The van der Waals surface area contributed by atoms with E-state index in [1.54, 1.807) is 29.7 Å². The van der Waals surface area contributed by atoms with E-state index in [1.807, 2.05) is 60.7 Å². The number of hydroxylamine groups is 1. The van der Waals surface area contributed by atoms with Gasteiger partial charge in [0.15, 0.2) is 0 Å². The van der Waals surface area contributed by atoms with Crippen LogP contribution in [0.15, 0.2) is 104 Å². The maximum Gasteiger partial charge on any atom is 0.138 e. The van der Waals surface area contributed by atoms with Crippen molar-refractivity contribution in [3.63, 3.8) is 0 Å². The number of hydrogen-bond acceptors (Lipinski definition) is 5. The van der Waals surface area contributed by atoms with Gasteiger partial charge in [-0.2, -0.15) is 5.06 Å². The molecule has 0 amide bonds. The number of halogens is 1. The van der Waals surface area contributed by atoms with Crippen LogP contribution in [0.1, 0.15) is 17.3 Å². The third-order valence-electron chi connectivity index (χ3n) is 4.95. The maximum atomic E-state index is 13.4. The third kappa shape index (κ3) is 3.96. The Morgan fingerprint density at radius 2 is 1.58 bits per heavy atom. The Balaban J connectivity index is 1.44. The summed E-state index contributed by atoms with van der Waals surface area (Å²) < 4.78 is 19.3. The molecule has 0 aliphatic carbocycles. The number of benzene rings is 3. The van der Waals surface area contributed by atoms with Gasteiger partial charge in [-0.15, -0.1) is 0 Å². The minimum Gasteiger partial charge on any atom is -0.457 e. The maximum absolute atomic E-state index is 13.4. The average molecular weight is 411 g/mol. The van der Waals surface area contributed by atoms with Gasteiger partial charge in [-0.3, -0.25) is 0 Å². The smallest absolute Gasteiger partial charge is 0.138 e. The Kier molecular flexibility index (Phi) is 5.02. The second kappa shape index (κ2) is 8.28. The standard InChI is InChI=1S/C25H18FN3O2/c26-19-8-6-18(7-9-19)23-16-30-29(25(23)24-14-15-27-17-28-24)20-10-12-22(13-11-20)31-21-4-2-1-3-5-21/h1-17,25H. The Morgan fingerprint density at radius 3 is 2.29 bits per heavy atom. The number of aromatic nitrogens is 2. The molecule has 0 bridgehead atoms. The van der Waals surface area contributed by atoms with Crippen LogP contribution in [0.4, 0.5) is 10.1 Å². The summed E-state index contributed by atoms with van der Waals surface area (Å²) in [7, 11) is 0. The molecule has 31 heavy (non-hydrogen) atoms. The minimum atomic E-state index is -0.311. The second-order valence-electron chi connectivity index (χ2n) is 6.96. The zero-order chi connectivity index (χ0) is 21.0. The largest absolute Gasteiger partial charge is 0.457 e. The quantitative estimate of drug-likeness (QED) is 0.407. The summed E-state index contributed by atoms with van der Waals surface area (Å²) in [5, 5.41) is 1.77. The molecule has 1 aliphatic rings. The summed E-state index contributed by atoms with van der Waals surface area (Å²) in [5.74, 6) is 1.21. The molecule has 0 spiro atoms. The lowest BCUT2D eigenvalue weighted by Crippen LogP contribution is -2.24. The van der Waals surface area contributed by atoms with Gasteiger partial charge in [0.05, 0.1) is 11.4 Å². The SMILES string of the molecule is Fc1ccc(C2=CON(c3ccc(Oc4ccccc4)cc3)C2c2ccncn2)cc1. The van der Waals surface area contributed by atoms with E-state index in [9.17, 15) is 4.39 Å². The third-order valence-corrected chi connectivity index (χ3v) is 4.95. The number of rotatable bonds is 5. The Hall–Kier alpha value is -4.19. The Bertz CT molecular complexity index is 1180. The van der Waals surface area contributed by atoms with Crippen LogP contribution in [0.3, 0.4) is 0 Å². The summed E-state index contributed by atoms with van der Waals surface area (Å²) in [5.41, 5.74) is 3.34. The Labute approximate surface area is 179 Å². The van der Waals surface area contributed by atoms with E-state index in [1.165, 1.54) is 18.5 Å². The van der Waals surface area contributed by atoms with Crippen LogP contribution in [0.2, 0.25) is 0 Å². The molecule has 2 heterocycles. The van der Waals surface area contributed by atoms with Gasteiger partial charge >= 0.3 is 0 Å². The molecule has 5 nitrogen and oxygen atoms in total. The average Bonchev–Trinajstić information content (AvgIpc) is 3.26. The molecule has 1 unspecified atom stereocenters. The van der Waals surface area contributed by atoms with Crippen molar-refractivity contribution in [3.05, 3.63) is 121 Å². The summed E-state index contributed by atoms with van der Waals surface area (Å²) in [6.07, 6.45) is 4.87. The van der Waals surface area contributed by atoms with Crippen molar-refractivity contribution in [2.24, 2.45) is 0 Å².